The Morgan fingerprint density at radius 2 is 1.94 bits per heavy atom. The van der Waals surface area contributed by atoms with Gasteiger partial charge in [-0.3, -0.25) is 4.79 Å². The largest absolute Gasteiger partial charge is 0.469 e. The molecule has 1 atom stereocenters. The molecule has 1 aliphatic heterocycles. The zero-order chi connectivity index (χ0) is 12.0. The van der Waals surface area contributed by atoms with Crippen LogP contribution in [0.25, 0.3) is 0 Å². The van der Waals surface area contributed by atoms with Gasteiger partial charge in [0.2, 0.25) is 10.0 Å². The molecule has 0 N–H and O–H groups in total. The summed E-state index contributed by atoms with van der Waals surface area (Å²) in [4.78, 5) is 11.4. The first-order valence-corrected chi connectivity index (χ1v) is 7.27. The van der Waals surface area contributed by atoms with E-state index in [2.05, 4.69) is 0 Å². The summed E-state index contributed by atoms with van der Waals surface area (Å²) >= 11 is 0. The lowest BCUT2D eigenvalue weighted by molar-refractivity contribution is -0.143. The Morgan fingerprint density at radius 1 is 1.38 bits per heavy atom. The van der Waals surface area contributed by atoms with Crippen molar-refractivity contribution in [1.29, 1.82) is 0 Å². The van der Waals surface area contributed by atoms with Crippen LogP contribution in [0.4, 0.5) is 0 Å². The van der Waals surface area contributed by atoms with E-state index in [1.165, 1.54) is 17.7 Å². The first kappa shape index (κ1) is 11.9. The van der Waals surface area contributed by atoms with E-state index in [-0.39, 0.29) is 17.3 Å². The highest BCUT2D eigenvalue weighted by molar-refractivity contribution is 7.88. The van der Waals surface area contributed by atoms with Gasteiger partial charge in [0.05, 0.1) is 19.3 Å². The summed E-state index contributed by atoms with van der Waals surface area (Å²) < 4.78 is 28.9. The van der Waals surface area contributed by atoms with Crippen LogP contribution in [0, 0.1) is 11.3 Å². The van der Waals surface area contributed by atoms with Gasteiger partial charge in [0.15, 0.2) is 0 Å². The van der Waals surface area contributed by atoms with Crippen LogP contribution < -0.4 is 0 Å². The fourth-order valence-corrected chi connectivity index (χ4v) is 3.48. The molecule has 0 bridgehead atoms. The number of ether oxygens (including phenoxy) is 1. The van der Waals surface area contributed by atoms with E-state index in [1.807, 2.05) is 0 Å². The molecule has 0 aromatic carbocycles. The summed E-state index contributed by atoms with van der Waals surface area (Å²) in [5.74, 6) is -0.146. The lowest BCUT2D eigenvalue weighted by atomic mass is 9.92. The molecule has 2 fully saturated rings. The van der Waals surface area contributed by atoms with Gasteiger partial charge in [-0.2, -0.15) is 0 Å². The van der Waals surface area contributed by atoms with Crippen LogP contribution in [-0.2, 0) is 19.6 Å². The van der Waals surface area contributed by atoms with Crippen LogP contribution in [0.5, 0.6) is 0 Å². The normalized spacial score (nSPS) is 29.0. The standard InChI is InChI=1S/C10H17NO4S/c1-15-9(12)8-7-10(8)3-5-11(6-4-10)16(2,13)14/h8H,3-7H2,1-2H3/t8-/m1/s1. The molecule has 1 spiro atoms. The molecule has 0 radical (unpaired) electrons. The first-order chi connectivity index (χ1) is 7.39. The third-order valence-corrected chi connectivity index (χ3v) is 5.17. The second kappa shape index (κ2) is 3.70. The van der Waals surface area contributed by atoms with Gasteiger partial charge in [-0.1, -0.05) is 0 Å². The molecule has 1 heterocycles. The lowest BCUT2D eigenvalue weighted by Crippen LogP contribution is -2.39. The maximum absolute atomic E-state index is 11.4. The Kier molecular flexibility index (Phi) is 2.74. The monoisotopic (exact) mass is 247 g/mol. The zero-order valence-electron chi connectivity index (χ0n) is 9.60. The predicted molar refractivity (Wildman–Crippen MR) is 58.2 cm³/mol. The molecule has 16 heavy (non-hydrogen) atoms. The van der Waals surface area contributed by atoms with Crippen LogP contribution in [-0.4, -0.2) is 45.1 Å². The van der Waals surface area contributed by atoms with Crippen molar-refractivity contribution in [2.75, 3.05) is 26.5 Å². The second-order valence-electron chi connectivity index (χ2n) is 4.80. The maximum Gasteiger partial charge on any atom is 0.309 e. The van der Waals surface area contributed by atoms with Gasteiger partial charge >= 0.3 is 5.97 Å². The third kappa shape index (κ3) is 1.96. The van der Waals surface area contributed by atoms with Gasteiger partial charge in [0.1, 0.15) is 0 Å². The summed E-state index contributed by atoms with van der Waals surface area (Å²) in [5.41, 5.74) is 0.0360. The van der Waals surface area contributed by atoms with Crippen LogP contribution in [0.3, 0.4) is 0 Å². The number of rotatable bonds is 2. The predicted octanol–water partition coefficient (Wildman–Crippen LogP) is 0.221. The van der Waals surface area contributed by atoms with Crippen molar-refractivity contribution in [1.82, 2.24) is 4.31 Å². The lowest BCUT2D eigenvalue weighted by Gasteiger charge is -2.30. The van der Waals surface area contributed by atoms with E-state index >= 15 is 0 Å². The van der Waals surface area contributed by atoms with E-state index < -0.39 is 10.0 Å². The maximum atomic E-state index is 11.4. The van der Waals surface area contributed by atoms with E-state index in [0.29, 0.717) is 13.1 Å². The van der Waals surface area contributed by atoms with Gasteiger partial charge in [0.25, 0.3) is 0 Å². The molecule has 0 unspecified atom stereocenters. The Labute approximate surface area is 95.8 Å². The van der Waals surface area contributed by atoms with Gasteiger partial charge in [0, 0.05) is 13.1 Å². The SMILES string of the molecule is COC(=O)[C@H]1CC12CCN(S(C)(=O)=O)CC2. The highest BCUT2D eigenvalue weighted by atomic mass is 32.2. The molecule has 92 valence electrons. The minimum absolute atomic E-state index is 0.000731. The van der Waals surface area contributed by atoms with Crippen molar-refractivity contribution in [3.8, 4) is 0 Å². The van der Waals surface area contributed by atoms with Crippen molar-refractivity contribution in [3.05, 3.63) is 0 Å². The number of methoxy groups -OCH3 is 1. The number of esters is 1. The van der Waals surface area contributed by atoms with Crippen molar-refractivity contribution in [2.24, 2.45) is 11.3 Å². The van der Waals surface area contributed by atoms with Crippen LogP contribution >= 0.6 is 0 Å². The molecule has 5 nitrogen and oxygen atoms in total. The Morgan fingerprint density at radius 3 is 2.38 bits per heavy atom. The summed E-state index contributed by atoms with van der Waals surface area (Å²) in [6.07, 6.45) is 3.65. The number of carbonyl (C=O) groups excluding carboxylic acids is 1. The molecule has 0 amide bonds. The number of carbonyl (C=O) groups is 1. The Balaban J connectivity index is 1.95. The number of sulfonamides is 1. The molecule has 0 aromatic heterocycles. The van der Waals surface area contributed by atoms with Gasteiger partial charge in [-0.15, -0.1) is 0 Å². The van der Waals surface area contributed by atoms with Crippen LogP contribution in [0.1, 0.15) is 19.3 Å². The van der Waals surface area contributed by atoms with Crippen molar-refractivity contribution >= 4 is 16.0 Å². The van der Waals surface area contributed by atoms with E-state index in [4.69, 9.17) is 4.74 Å². The molecule has 1 saturated carbocycles. The molecule has 0 aromatic rings. The second-order valence-corrected chi connectivity index (χ2v) is 6.79. The third-order valence-electron chi connectivity index (χ3n) is 3.86. The van der Waals surface area contributed by atoms with E-state index in [9.17, 15) is 13.2 Å². The number of hydrogen-bond acceptors (Lipinski definition) is 4. The molecular weight excluding hydrogens is 230 g/mol. The molecule has 1 aliphatic carbocycles. The average molecular weight is 247 g/mol. The summed E-state index contributed by atoms with van der Waals surface area (Å²) in [6, 6.07) is 0. The quantitative estimate of drug-likeness (QED) is 0.655. The highest BCUT2D eigenvalue weighted by Crippen LogP contribution is 2.59. The minimum Gasteiger partial charge on any atom is -0.469 e. The molecule has 2 rings (SSSR count). The molecule has 2 aliphatic rings. The van der Waals surface area contributed by atoms with Gasteiger partial charge in [-0.25, -0.2) is 12.7 Å². The van der Waals surface area contributed by atoms with E-state index in [0.717, 1.165) is 19.3 Å². The first-order valence-electron chi connectivity index (χ1n) is 5.42. The summed E-state index contributed by atoms with van der Waals surface area (Å²) in [6.45, 7) is 1.07. The smallest absolute Gasteiger partial charge is 0.309 e. The summed E-state index contributed by atoms with van der Waals surface area (Å²) in [7, 11) is -1.67. The zero-order valence-corrected chi connectivity index (χ0v) is 10.4. The fraction of sp³-hybridized carbons (Fsp3) is 0.900. The Bertz CT molecular complexity index is 395. The molecule has 1 saturated heterocycles. The highest BCUT2D eigenvalue weighted by Gasteiger charge is 2.59. The van der Waals surface area contributed by atoms with Crippen LogP contribution in [0.15, 0.2) is 0 Å². The fourth-order valence-electron chi connectivity index (χ4n) is 2.64. The number of hydrogen-bond donors (Lipinski definition) is 0. The number of piperidine rings is 1. The molecular formula is C10H17NO4S. The molecule has 6 heteroatoms. The average Bonchev–Trinajstić information content (AvgIpc) is 2.90. The van der Waals surface area contributed by atoms with Gasteiger partial charge in [-0.05, 0) is 24.7 Å². The minimum atomic E-state index is -3.07. The van der Waals surface area contributed by atoms with Crippen LogP contribution in [0.2, 0.25) is 0 Å². The van der Waals surface area contributed by atoms with Crippen molar-refractivity contribution in [3.63, 3.8) is 0 Å². The summed E-state index contributed by atoms with van der Waals surface area (Å²) in [5, 5.41) is 0. The topological polar surface area (TPSA) is 63.7 Å². The van der Waals surface area contributed by atoms with Crippen molar-refractivity contribution < 1.29 is 17.9 Å². The Hall–Kier alpha value is -0.620. The van der Waals surface area contributed by atoms with Gasteiger partial charge < -0.3 is 4.74 Å². The van der Waals surface area contributed by atoms with E-state index in [1.54, 1.807) is 0 Å². The number of nitrogens with zero attached hydrogens (tertiary/aromatic N) is 1. The van der Waals surface area contributed by atoms with Crippen molar-refractivity contribution in [2.45, 2.75) is 19.3 Å².